The monoisotopic (exact) mass is 434 g/mol. The molecule has 0 saturated carbocycles. The van der Waals surface area contributed by atoms with Gasteiger partial charge in [0.15, 0.2) is 0 Å². The maximum Gasteiger partial charge on any atom is 0.233 e. The Bertz CT molecular complexity index is 907. The normalized spacial score (nSPS) is 21.5. The Morgan fingerprint density at radius 1 is 1.03 bits per heavy atom. The summed E-state index contributed by atoms with van der Waals surface area (Å²) in [6.45, 7) is 6.88. The van der Waals surface area contributed by atoms with Gasteiger partial charge in [0.05, 0.1) is 12.3 Å². The molecule has 2 saturated heterocycles. The van der Waals surface area contributed by atoms with E-state index in [4.69, 9.17) is 0 Å². The number of piperidine rings is 1. The van der Waals surface area contributed by atoms with E-state index in [1.807, 2.05) is 59.2 Å². The number of benzene rings is 2. The van der Waals surface area contributed by atoms with E-state index < -0.39 is 0 Å². The van der Waals surface area contributed by atoms with Gasteiger partial charge in [-0.05, 0) is 50.3 Å². The van der Waals surface area contributed by atoms with Crippen LogP contribution in [-0.4, -0.2) is 48.9 Å². The zero-order chi connectivity index (χ0) is 22.5. The van der Waals surface area contributed by atoms with E-state index >= 15 is 0 Å². The predicted octanol–water partition coefficient (Wildman–Crippen LogP) is 2.92. The molecule has 32 heavy (non-hydrogen) atoms. The number of rotatable bonds is 6. The van der Waals surface area contributed by atoms with Crippen molar-refractivity contribution in [1.82, 2.24) is 15.8 Å². The quantitative estimate of drug-likeness (QED) is 0.734. The molecule has 0 bridgehead atoms. The van der Waals surface area contributed by atoms with Gasteiger partial charge in [0.2, 0.25) is 11.8 Å². The number of nitrogens with zero attached hydrogens (tertiary/aromatic N) is 2. The molecule has 2 aromatic carbocycles. The second-order valence-corrected chi connectivity index (χ2v) is 8.96. The summed E-state index contributed by atoms with van der Waals surface area (Å²) in [4.78, 5) is 30.1. The Morgan fingerprint density at radius 2 is 1.72 bits per heavy atom. The predicted molar refractivity (Wildman–Crippen MR) is 127 cm³/mol. The van der Waals surface area contributed by atoms with Crippen LogP contribution in [0.25, 0.3) is 0 Å². The topological polar surface area (TPSA) is 64.7 Å². The van der Waals surface area contributed by atoms with Gasteiger partial charge >= 0.3 is 0 Å². The molecule has 0 aliphatic carbocycles. The average Bonchev–Trinajstić information content (AvgIpc) is 3.32. The molecule has 6 nitrogen and oxygen atoms in total. The molecule has 0 radical (unpaired) electrons. The highest BCUT2D eigenvalue weighted by atomic mass is 16.2. The molecule has 2 N–H and O–H groups in total. The fourth-order valence-electron chi connectivity index (χ4n) is 4.98. The van der Waals surface area contributed by atoms with Gasteiger partial charge in [-0.15, -0.1) is 0 Å². The summed E-state index contributed by atoms with van der Waals surface area (Å²) >= 11 is 0. The van der Waals surface area contributed by atoms with Crippen molar-refractivity contribution in [1.29, 1.82) is 0 Å². The van der Waals surface area contributed by atoms with Crippen LogP contribution < -0.4 is 15.8 Å². The smallest absolute Gasteiger partial charge is 0.233 e. The summed E-state index contributed by atoms with van der Waals surface area (Å²) in [5.74, 6) is 0.629. The Balaban J connectivity index is 1.34. The van der Waals surface area contributed by atoms with Gasteiger partial charge in [0.25, 0.3) is 0 Å². The molecule has 2 aliphatic rings. The zero-order valence-corrected chi connectivity index (χ0v) is 19.1. The van der Waals surface area contributed by atoms with Gasteiger partial charge in [-0.25, -0.2) is 0 Å². The second-order valence-electron chi connectivity index (χ2n) is 8.96. The van der Waals surface area contributed by atoms with Crippen LogP contribution in [0.1, 0.15) is 30.9 Å². The Kier molecular flexibility index (Phi) is 7.22. The highest BCUT2D eigenvalue weighted by molar-refractivity contribution is 5.95. The third-order valence-electron chi connectivity index (χ3n) is 6.87. The van der Waals surface area contributed by atoms with E-state index in [2.05, 4.69) is 29.9 Å². The van der Waals surface area contributed by atoms with Crippen LogP contribution in [0.2, 0.25) is 0 Å². The summed E-state index contributed by atoms with van der Waals surface area (Å²) in [5, 5.41) is 0. The van der Waals surface area contributed by atoms with Crippen LogP contribution in [0.4, 0.5) is 5.69 Å². The first-order valence-corrected chi connectivity index (χ1v) is 11.7. The molecule has 2 unspecified atom stereocenters. The highest BCUT2D eigenvalue weighted by Crippen LogP contribution is 2.29. The molecule has 0 aromatic heterocycles. The Labute approximate surface area is 190 Å². The molecular formula is C26H34N4O2. The number of carbonyl (C=O) groups is 2. The van der Waals surface area contributed by atoms with Crippen molar-refractivity contribution in [3.63, 3.8) is 0 Å². The SMILES string of the molecule is CCN(C(=O)C1CNNC1C1CCN(C(=O)Cc2ccc(C)cc2)CC1)c1ccccc1. The van der Waals surface area contributed by atoms with Crippen LogP contribution in [0.15, 0.2) is 54.6 Å². The molecule has 0 spiro atoms. The molecular weight excluding hydrogens is 400 g/mol. The lowest BCUT2D eigenvalue weighted by atomic mass is 9.82. The first kappa shape index (κ1) is 22.5. The zero-order valence-electron chi connectivity index (χ0n) is 19.1. The minimum Gasteiger partial charge on any atom is -0.342 e. The summed E-state index contributed by atoms with van der Waals surface area (Å²) < 4.78 is 0. The van der Waals surface area contributed by atoms with E-state index in [0.717, 1.165) is 37.2 Å². The van der Waals surface area contributed by atoms with Crippen molar-refractivity contribution in [2.45, 2.75) is 39.2 Å². The van der Waals surface area contributed by atoms with E-state index in [1.165, 1.54) is 5.56 Å². The van der Waals surface area contributed by atoms with E-state index in [-0.39, 0.29) is 23.8 Å². The van der Waals surface area contributed by atoms with Gasteiger partial charge in [-0.3, -0.25) is 20.4 Å². The molecule has 2 aliphatic heterocycles. The average molecular weight is 435 g/mol. The molecule has 6 heteroatoms. The first-order chi connectivity index (χ1) is 15.6. The van der Waals surface area contributed by atoms with Crippen molar-refractivity contribution in [3.05, 3.63) is 65.7 Å². The van der Waals surface area contributed by atoms with Crippen molar-refractivity contribution >= 4 is 17.5 Å². The van der Waals surface area contributed by atoms with Crippen molar-refractivity contribution in [3.8, 4) is 0 Å². The Hall–Kier alpha value is -2.70. The first-order valence-electron chi connectivity index (χ1n) is 11.7. The number of hydrogen-bond acceptors (Lipinski definition) is 4. The fraction of sp³-hybridized carbons (Fsp3) is 0.462. The fourth-order valence-corrected chi connectivity index (χ4v) is 4.98. The lowest BCUT2D eigenvalue weighted by molar-refractivity contribution is -0.132. The molecule has 170 valence electrons. The summed E-state index contributed by atoms with van der Waals surface area (Å²) in [5.41, 5.74) is 9.82. The van der Waals surface area contributed by atoms with Crippen LogP contribution in [0.3, 0.4) is 0 Å². The maximum atomic E-state index is 13.4. The minimum atomic E-state index is -0.102. The molecule has 2 heterocycles. The van der Waals surface area contributed by atoms with Gasteiger partial charge < -0.3 is 9.80 Å². The minimum absolute atomic E-state index is 0.0922. The highest BCUT2D eigenvalue weighted by Gasteiger charge is 2.41. The lowest BCUT2D eigenvalue weighted by Gasteiger charge is -2.37. The van der Waals surface area contributed by atoms with Gasteiger partial charge in [0, 0.05) is 37.9 Å². The molecule has 2 amide bonds. The number of carbonyl (C=O) groups excluding carboxylic acids is 2. The van der Waals surface area contributed by atoms with Crippen molar-refractivity contribution < 1.29 is 9.59 Å². The van der Waals surface area contributed by atoms with Crippen molar-refractivity contribution in [2.75, 3.05) is 31.1 Å². The van der Waals surface area contributed by atoms with Gasteiger partial charge in [0.1, 0.15) is 0 Å². The lowest BCUT2D eigenvalue weighted by Crippen LogP contribution is -2.49. The standard InChI is InChI=1S/C26H34N4O2/c1-3-30(22-7-5-4-6-8-22)26(32)23-18-27-28-25(23)21-13-15-29(16-14-21)24(31)17-20-11-9-19(2)10-12-20/h4-12,21,23,25,27-28H,3,13-18H2,1-2H3. The number of para-hydroxylation sites is 1. The van der Waals surface area contributed by atoms with E-state index in [1.54, 1.807) is 0 Å². The molecule has 2 atom stereocenters. The largest absolute Gasteiger partial charge is 0.342 e. The summed E-state index contributed by atoms with van der Waals surface area (Å²) in [7, 11) is 0. The number of likely N-dealkylation sites (tertiary alicyclic amines) is 1. The molecule has 4 rings (SSSR count). The Morgan fingerprint density at radius 3 is 2.38 bits per heavy atom. The second kappa shape index (κ2) is 10.3. The van der Waals surface area contributed by atoms with Crippen LogP contribution in [-0.2, 0) is 16.0 Å². The summed E-state index contributed by atoms with van der Waals surface area (Å²) in [6.07, 6.45) is 2.29. The maximum absolute atomic E-state index is 13.4. The number of aryl methyl sites for hydroxylation is 1. The number of nitrogens with one attached hydrogen (secondary N) is 2. The van der Waals surface area contributed by atoms with E-state index in [9.17, 15) is 9.59 Å². The third-order valence-corrected chi connectivity index (χ3v) is 6.87. The van der Waals surface area contributed by atoms with E-state index in [0.29, 0.717) is 25.4 Å². The van der Waals surface area contributed by atoms with Crippen molar-refractivity contribution in [2.24, 2.45) is 11.8 Å². The van der Waals surface area contributed by atoms with Crippen LogP contribution in [0, 0.1) is 18.8 Å². The number of amides is 2. The third kappa shape index (κ3) is 5.03. The molecule has 2 aromatic rings. The van der Waals surface area contributed by atoms with Crippen LogP contribution in [0.5, 0.6) is 0 Å². The van der Waals surface area contributed by atoms with Gasteiger partial charge in [-0.2, -0.15) is 0 Å². The van der Waals surface area contributed by atoms with Gasteiger partial charge in [-0.1, -0.05) is 48.0 Å². The number of anilines is 1. The summed E-state index contributed by atoms with van der Waals surface area (Å²) in [6, 6.07) is 18.2. The van der Waals surface area contributed by atoms with Crippen LogP contribution >= 0.6 is 0 Å². The number of hydrazine groups is 1. The number of hydrogen-bond donors (Lipinski definition) is 2. The molecule has 2 fully saturated rings.